The van der Waals surface area contributed by atoms with Crippen molar-refractivity contribution in [3.8, 4) is 11.5 Å². The molecule has 6 rings (SSSR count). The van der Waals surface area contributed by atoms with Crippen LogP contribution in [0.15, 0.2) is 83.3 Å². The fourth-order valence-electron chi connectivity index (χ4n) is 3.91. The first-order valence-corrected chi connectivity index (χ1v) is 8.41. The molecule has 1 heterocycles. The van der Waals surface area contributed by atoms with Crippen LogP contribution in [0.5, 0.6) is 0 Å². The number of nitrogens with zero attached hydrogens (tertiary/aromatic N) is 1. The molecule has 2 nitrogen and oxygen atoms in total. The summed E-state index contributed by atoms with van der Waals surface area (Å²) < 4.78 is 6.03. The van der Waals surface area contributed by atoms with Gasteiger partial charge in [0.1, 0.15) is 5.52 Å². The van der Waals surface area contributed by atoms with Crippen LogP contribution in [0.4, 0.5) is 0 Å². The van der Waals surface area contributed by atoms with E-state index in [9.17, 15) is 0 Å². The highest BCUT2D eigenvalue weighted by molar-refractivity contribution is 6.25. The first-order valence-electron chi connectivity index (χ1n) is 8.41. The van der Waals surface area contributed by atoms with Gasteiger partial charge in [-0.1, -0.05) is 60.7 Å². The van der Waals surface area contributed by atoms with E-state index in [2.05, 4.69) is 54.6 Å². The Labute approximate surface area is 143 Å². The molecule has 0 saturated heterocycles. The third-order valence-electron chi connectivity index (χ3n) is 5.05. The Bertz CT molecular complexity index is 1340. The molecule has 1 aromatic heterocycles. The van der Waals surface area contributed by atoms with Gasteiger partial charge in [-0.15, -0.1) is 0 Å². The van der Waals surface area contributed by atoms with Crippen molar-refractivity contribution in [1.29, 1.82) is 0 Å². The number of fused-ring (bicyclic) bond motifs is 1. The summed E-state index contributed by atoms with van der Waals surface area (Å²) in [6, 6.07) is 27.4. The summed E-state index contributed by atoms with van der Waals surface area (Å²) in [5.74, 6) is 0.680. The predicted molar refractivity (Wildman–Crippen MR) is 103 cm³/mol. The van der Waals surface area contributed by atoms with Crippen molar-refractivity contribution in [2.75, 3.05) is 0 Å². The maximum Gasteiger partial charge on any atom is 0.227 e. The maximum absolute atomic E-state index is 6.03. The van der Waals surface area contributed by atoms with E-state index in [-0.39, 0.29) is 0 Å². The summed E-state index contributed by atoms with van der Waals surface area (Å²) in [7, 11) is 0. The Morgan fingerprint density at radius 2 is 1.32 bits per heavy atom. The summed E-state index contributed by atoms with van der Waals surface area (Å²) in [5, 5.41) is 7.58. The fourth-order valence-corrected chi connectivity index (χ4v) is 3.91. The van der Waals surface area contributed by atoms with Gasteiger partial charge in [0.2, 0.25) is 5.89 Å². The molecule has 0 saturated carbocycles. The highest BCUT2D eigenvalue weighted by Crippen LogP contribution is 2.39. The number of oxazole rings is 1. The summed E-state index contributed by atoms with van der Waals surface area (Å²) in [6.07, 6.45) is 0. The average Bonchev–Trinajstić information content (AvgIpc) is 3.10. The largest absolute Gasteiger partial charge is 0.436 e. The molecular formula is C23H13NO. The highest BCUT2D eigenvalue weighted by atomic mass is 16.3. The lowest BCUT2D eigenvalue weighted by molar-refractivity contribution is 0.620. The second-order valence-electron chi connectivity index (χ2n) is 6.46. The lowest BCUT2D eigenvalue weighted by Gasteiger charge is -2.12. The van der Waals surface area contributed by atoms with E-state index in [4.69, 9.17) is 9.40 Å². The highest BCUT2D eigenvalue weighted by Gasteiger charge is 2.15. The standard InChI is InChI=1S/C23H13NO/c1-2-7-20-19(6-1)24-23(25-20)18-13-11-16-9-8-14-4-3-5-15-10-12-17(18)22(16)21(14)15/h1-13H. The van der Waals surface area contributed by atoms with Gasteiger partial charge in [0.15, 0.2) is 5.58 Å². The van der Waals surface area contributed by atoms with Crippen LogP contribution >= 0.6 is 0 Å². The van der Waals surface area contributed by atoms with Crippen molar-refractivity contribution in [2.45, 2.75) is 0 Å². The van der Waals surface area contributed by atoms with Crippen LogP contribution in [0.25, 0.3) is 54.9 Å². The predicted octanol–water partition coefficient (Wildman–Crippen LogP) is 6.39. The molecule has 2 heteroatoms. The van der Waals surface area contributed by atoms with Gasteiger partial charge in [-0.05, 0) is 50.5 Å². The van der Waals surface area contributed by atoms with Gasteiger partial charge < -0.3 is 4.42 Å². The number of aromatic nitrogens is 1. The summed E-state index contributed by atoms with van der Waals surface area (Å²) >= 11 is 0. The smallest absolute Gasteiger partial charge is 0.227 e. The molecule has 0 aliphatic heterocycles. The second-order valence-corrected chi connectivity index (χ2v) is 6.46. The van der Waals surface area contributed by atoms with E-state index in [0.29, 0.717) is 5.89 Å². The summed E-state index contributed by atoms with van der Waals surface area (Å²) in [4.78, 5) is 4.70. The topological polar surface area (TPSA) is 26.0 Å². The van der Waals surface area contributed by atoms with Gasteiger partial charge in [-0.3, -0.25) is 0 Å². The van der Waals surface area contributed by atoms with Gasteiger partial charge in [0.25, 0.3) is 0 Å². The summed E-state index contributed by atoms with van der Waals surface area (Å²) in [5.41, 5.74) is 2.76. The van der Waals surface area contributed by atoms with E-state index < -0.39 is 0 Å². The first-order chi connectivity index (χ1) is 12.4. The molecule has 0 fully saturated rings. The second kappa shape index (κ2) is 4.58. The first kappa shape index (κ1) is 13.0. The molecule has 25 heavy (non-hydrogen) atoms. The Kier molecular flexibility index (Phi) is 2.37. The van der Waals surface area contributed by atoms with Crippen LogP contribution in [0.1, 0.15) is 0 Å². The number of hydrogen-bond donors (Lipinski definition) is 0. The van der Waals surface area contributed by atoms with Gasteiger partial charge in [-0.2, -0.15) is 0 Å². The molecule has 6 aromatic rings. The molecule has 0 atom stereocenters. The zero-order valence-corrected chi connectivity index (χ0v) is 13.4. The van der Waals surface area contributed by atoms with Gasteiger partial charge in [0.05, 0.1) is 0 Å². The molecule has 0 bridgehead atoms. The van der Waals surface area contributed by atoms with Crippen molar-refractivity contribution in [3.05, 3.63) is 78.9 Å². The molecular weight excluding hydrogens is 306 g/mol. The van der Waals surface area contributed by atoms with E-state index in [1.54, 1.807) is 0 Å². The third-order valence-corrected chi connectivity index (χ3v) is 5.05. The molecule has 0 aliphatic carbocycles. The van der Waals surface area contributed by atoms with E-state index in [1.165, 1.54) is 32.3 Å². The Balaban J connectivity index is 1.78. The Hall–Kier alpha value is -3.39. The van der Waals surface area contributed by atoms with Crippen molar-refractivity contribution in [2.24, 2.45) is 0 Å². The van der Waals surface area contributed by atoms with Crippen molar-refractivity contribution < 1.29 is 4.42 Å². The Morgan fingerprint density at radius 3 is 2.16 bits per heavy atom. The summed E-state index contributed by atoms with van der Waals surface area (Å²) in [6.45, 7) is 0. The van der Waals surface area contributed by atoms with E-state index >= 15 is 0 Å². The SMILES string of the molecule is c1cc2ccc3ccc(-c4nc5ccccc5o4)c4ccc(c1)c2c34. The number of benzene rings is 5. The third kappa shape index (κ3) is 1.71. The molecule has 0 unspecified atom stereocenters. The Morgan fingerprint density at radius 1 is 0.600 bits per heavy atom. The van der Waals surface area contributed by atoms with Crippen LogP contribution in [0.2, 0.25) is 0 Å². The van der Waals surface area contributed by atoms with Gasteiger partial charge in [-0.25, -0.2) is 4.98 Å². The quantitative estimate of drug-likeness (QED) is 0.328. The normalized spacial score (nSPS) is 12.0. The fraction of sp³-hybridized carbons (Fsp3) is 0. The number of hydrogen-bond acceptors (Lipinski definition) is 2. The van der Waals surface area contributed by atoms with Crippen LogP contribution in [-0.2, 0) is 0 Å². The molecule has 0 spiro atoms. The monoisotopic (exact) mass is 319 g/mol. The number of para-hydroxylation sites is 2. The van der Waals surface area contributed by atoms with Crippen molar-refractivity contribution >= 4 is 43.4 Å². The molecule has 5 aromatic carbocycles. The zero-order valence-electron chi connectivity index (χ0n) is 13.4. The lowest BCUT2D eigenvalue weighted by Crippen LogP contribution is -1.87. The van der Waals surface area contributed by atoms with Gasteiger partial charge in [0, 0.05) is 5.56 Å². The van der Waals surface area contributed by atoms with Crippen LogP contribution in [0, 0.1) is 0 Å². The van der Waals surface area contributed by atoms with Gasteiger partial charge >= 0.3 is 0 Å². The van der Waals surface area contributed by atoms with Crippen LogP contribution in [0.3, 0.4) is 0 Å². The van der Waals surface area contributed by atoms with E-state index in [1.807, 2.05) is 24.3 Å². The molecule has 116 valence electrons. The number of rotatable bonds is 1. The minimum Gasteiger partial charge on any atom is -0.436 e. The molecule has 0 radical (unpaired) electrons. The molecule has 0 N–H and O–H groups in total. The van der Waals surface area contributed by atoms with E-state index in [0.717, 1.165) is 16.7 Å². The molecule has 0 aliphatic rings. The minimum atomic E-state index is 0.680. The molecule has 0 amide bonds. The maximum atomic E-state index is 6.03. The minimum absolute atomic E-state index is 0.680. The average molecular weight is 319 g/mol. The lowest BCUT2D eigenvalue weighted by atomic mass is 9.92. The van der Waals surface area contributed by atoms with Crippen molar-refractivity contribution in [3.63, 3.8) is 0 Å². The van der Waals surface area contributed by atoms with Crippen LogP contribution < -0.4 is 0 Å². The zero-order chi connectivity index (χ0) is 16.4. The van der Waals surface area contributed by atoms with Crippen molar-refractivity contribution in [1.82, 2.24) is 4.98 Å². The van der Waals surface area contributed by atoms with Crippen LogP contribution in [-0.4, -0.2) is 4.98 Å².